The van der Waals surface area contributed by atoms with E-state index in [4.69, 9.17) is 18.9 Å². The first-order valence-corrected chi connectivity index (χ1v) is 4.80. The van der Waals surface area contributed by atoms with Crippen molar-refractivity contribution in [2.75, 3.05) is 14.2 Å². The van der Waals surface area contributed by atoms with Gasteiger partial charge in [0.2, 0.25) is 5.79 Å². The predicted octanol–water partition coefficient (Wildman–Crippen LogP) is 0.204. The Balaban J connectivity index is 2.18. The van der Waals surface area contributed by atoms with Gasteiger partial charge >= 0.3 is 5.97 Å². The molecule has 0 N–H and O–H groups in total. The van der Waals surface area contributed by atoms with E-state index in [2.05, 4.69) is 0 Å². The second-order valence-corrected chi connectivity index (χ2v) is 4.16. The SMILES string of the molecule is COC1(OC)[C@@H]2C=C3OC(=O)[C@@H]1[C@@]3(C)O2. The van der Waals surface area contributed by atoms with Crippen LogP contribution in [0.25, 0.3) is 0 Å². The second kappa shape index (κ2) is 2.42. The lowest BCUT2D eigenvalue weighted by molar-refractivity contribution is -0.240. The van der Waals surface area contributed by atoms with Gasteiger partial charge < -0.3 is 18.9 Å². The van der Waals surface area contributed by atoms with Crippen LogP contribution in [0.5, 0.6) is 0 Å². The van der Waals surface area contributed by atoms with Crippen LogP contribution < -0.4 is 0 Å². The molecule has 5 heteroatoms. The Morgan fingerprint density at radius 3 is 2.67 bits per heavy atom. The van der Waals surface area contributed by atoms with Crippen LogP contribution in [0.1, 0.15) is 6.92 Å². The summed E-state index contributed by atoms with van der Waals surface area (Å²) in [6.07, 6.45) is 1.39. The van der Waals surface area contributed by atoms with E-state index in [1.54, 1.807) is 6.08 Å². The molecule has 15 heavy (non-hydrogen) atoms. The molecule has 3 aliphatic rings. The van der Waals surface area contributed by atoms with Crippen LogP contribution in [0.3, 0.4) is 0 Å². The van der Waals surface area contributed by atoms with Crippen molar-refractivity contribution in [2.24, 2.45) is 5.92 Å². The van der Waals surface area contributed by atoms with Crippen molar-refractivity contribution in [3.05, 3.63) is 11.8 Å². The highest BCUT2D eigenvalue weighted by molar-refractivity contribution is 5.83. The molecule has 0 aliphatic carbocycles. The van der Waals surface area contributed by atoms with Crippen molar-refractivity contribution in [1.29, 1.82) is 0 Å². The van der Waals surface area contributed by atoms with Gasteiger partial charge in [-0.15, -0.1) is 0 Å². The molecule has 0 aromatic rings. The lowest BCUT2D eigenvalue weighted by atomic mass is 9.80. The molecule has 0 aromatic carbocycles. The molecule has 5 nitrogen and oxygen atoms in total. The Morgan fingerprint density at radius 2 is 2.07 bits per heavy atom. The molecule has 0 radical (unpaired) electrons. The number of hydrogen-bond acceptors (Lipinski definition) is 5. The van der Waals surface area contributed by atoms with E-state index in [1.165, 1.54) is 14.2 Å². The van der Waals surface area contributed by atoms with Crippen molar-refractivity contribution >= 4 is 5.97 Å². The summed E-state index contributed by atoms with van der Waals surface area (Å²) in [5.41, 5.74) is -0.715. The van der Waals surface area contributed by atoms with Crippen LogP contribution in [0, 0.1) is 5.92 Å². The lowest BCUT2D eigenvalue weighted by Gasteiger charge is -2.33. The van der Waals surface area contributed by atoms with Gasteiger partial charge in [-0.05, 0) is 13.0 Å². The first-order valence-electron chi connectivity index (χ1n) is 4.80. The van der Waals surface area contributed by atoms with Crippen LogP contribution in [0.4, 0.5) is 0 Å². The molecule has 2 bridgehead atoms. The molecule has 0 unspecified atom stereocenters. The molecule has 0 amide bonds. The topological polar surface area (TPSA) is 54.0 Å². The van der Waals surface area contributed by atoms with E-state index in [1.807, 2.05) is 6.92 Å². The molecule has 2 fully saturated rings. The van der Waals surface area contributed by atoms with E-state index in [9.17, 15) is 4.79 Å². The van der Waals surface area contributed by atoms with Crippen LogP contribution >= 0.6 is 0 Å². The number of ether oxygens (including phenoxy) is 4. The van der Waals surface area contributed by atoms with Gasteiger partial charge in [-0.25, -0.2) is 0 Å². The van der Waals surface area contributed by atoms with Gasteiger partial charge in [0.1, 0.15) is 23.4 Å². The summed E-state index contributed by atoms with van der Waals surface area (Å²) >= 11 is 0. The second-order valence-electron chi connectivity index (χ2n) is 4.16. The number of hydrogen-bond donors (Lipinski definition) is 0. The number of fused-ring (bicyclic) bond motifs is 1. The van der Waals surface area contributed by atoms with Crippen molar-refractivity contribution in [3.63, 3.8) is 0 Å². The van der Waals surface area contributed by atoms with Gasteiger partial charge in [-0.3, -0.25) is 4.79 Å². The van der Waals surface area contributed by atoms with E-state index < -0.39 is 17.3 Å². The van der Waals surface area contributed by atoms with Gasteiger partial charge in [0.05, 0.1) is 0 Å². The van der Waals surface area contributed by atoms with E-state index in [0.717, 1.165) is 0 Å². The Morgan fingerprint density at radius 1 is 1.40 bits per heavy atom. The summed E-state index contributed by atoms with van der Waals surface area (Å²) in [5, 5.41) is 0. The zero-order valence-corrected chi connectivity index (χ0v) is 8.77. The Hall–Kier alpha value is -0.910. The fourth-order valence-electron chi connectivity index (χ4n) is 2.86. The Bertz CT molecular complexity index is 370. The minimum absolute atomic E-state index is 0.340. The van der Waals surface area contributed by atoms with E-state index in [0.29, 0.717) is 5.76 Å². The molecule has 2 saturated heterocycles. The first-order chi connectivity index (χ1) is 7.08. The number of carbonyl (C=O) groups excluding carboxylic acids is 1. The largest absolute Gasteiger partial charge is 0.428 e. The first kappa shape index (κ1) is 9.33. The van der Waals surface area contributed by atoms with Gasteiger partial charge in [-0.1, -0.05) is 0 Å². The molecule has 3 aliphatic heterocycles. The Labute approximate surface area is 86.9 Å². The van der Waals surface area contributed by atoms with E-state index >= 15 is 0 Å². The summed E-state index contributed by atoms with van der Waals surface area (Å²) in [6.45, 7) is 1.83. The molecule has 3 atom stereocenters. The van der Waals surface area contributed by atoms with E-state index in [-0.39, 0.29) is 12.1 Å². The quantitative estimate of drug-likeness (QED) is 0.483. The lowest BCUT2D eigenvalue weighted by Crippen LogP contribution is -2.52. The van der Waals surface area contributed by atoms with Gasteiger partial charge in [0.25, 0.3) is 0 Å². The zero-order valence-electron chi connectivity index (χ0n) is 8.77. The number of methoxy groups -OCH3 is 2. The van der Waals surface area contributed by atoms with Gasteiger partial charge in [0.15, 0.2) is 0 Å². The fourth-order valence-corrected chi connectivity index (χ4v) is 2.86. The maximum absolute atomic E-state index is 11.7. The molecule has 3 heterocycles. The highest BCUT2D eigenvalue weighted by atomic mass is 16.7. The number of carbonyl (C=O) groups is 1. The normalized spacial score (nSPS) is 44.5. The number of rotatable bonds is 2. The van der Waals surface area contributed by atoms with Crippen molar-refractivity contribution < 1.29 is 23.7 Å². The molecule has 0 aromatic heterocycles. The Kier molecular flexibility index (Phi) is 1.51. The van der Waals surface area contributed by atoms with Crippen molar-refractivity contribution in [2.45, 2.75) is 24.4 Å². The maximum Gasteiger partial charge on any atom is 0.323 e. The van der Waals surface area contributed by atoms with Crippen molar-refractivity contribution in [3.8, 4) is 0 Å². The summed E-state index contributed by atoms with van der Waals surface area (Å²) in [7, 11) is 3.02. The van der Waals surface area contributed by atoms with Gasteiger partial charge in [-0.2, -0.15) is 0 Å². The monoisotopic (exact) mass is 212 g/mol. The summed E-state index contributed by atoms with van der Waals surface area (Å²) in [5.74, 6) is -1.32. The smallest absolute Gasteiger partial charge is 0.323 e. The summed E-state index contributed by atoms with van der Waals surface area (Å²) < 4.78 is 21.6. The maximum atomic E-state index is 11.7. The van der Waals surface area contributed by atoms with Crippen LogP contribution in [0.15, 0.2) is 11.8 Å². The predicted molar refractivity (Wildman–Crippen MR) is 47.7 cm³/mol. The van der Waals surface area contributed by atoms with Crippen LogP contribution in [-0.4, -0.2) is 37.7 Å². The van der Waals surface area contributed by atoms with Crippen LogP contribution in [0.2, 0.25) is 0 Å². The van der Waals surface area contributed by atoms with Crippen molar-refractivity contribution in [1.82, 2.24) is 0 Å². The average Bonchev–Trinajstić information content (AvgIpc) is 2.68. The molecular formula is C10H12O5. The standard InChI is InChI=1S/C10H12O5/c1-9-5-4-6(15-9)10(12-2,13-3)7(9)8(11)14-5/h4,6-7H,1-3H3/t6-,7+,9-/m0/s1. The highest BCUT2D eigenvalue weighted by Gasteiger charge is 2.75. The molecule has 82 valence electrons. The average molecular weight is 212 g/mol. The number of esters is 1. The third-order valence-electron chi connectivity index (χ3n) is 3.60. The van der Waals surface area contributed by atoms with Crippen LogP contribution in [-0.2, 0) is 23.7 Å². The minimum atomic E-state index is -1.04. The highest BCUT2D eigenvalue weighted by Crippen LogP contribution is 2.59. The zero-order chi connectivity index (χ0) is 10.8. The van der Waals surface area contributed by atoms with Gasteiger partial charge in [0, 0.05) is 14.2 Å². The minimum Gasteiger partial charge on any atom is -0.428 e. The molecule has 3 rings (SSSR count). The third-order valence-corrected chi connectivity index (χ3v) is 3.60. The molecular weight excluding hydrogens is 200 g/mol. The fraction of sp³-hybridized carbons (Fsp3) is 0.700. The molecule has 0 spiro atoms. The molecule has 0 saturated carbocycles. The third kappa shape index (κ3) is 0.758. The summed E-state index contributed by atoms with van der Waals surface area (Å²) in [4.78, 5) is 11.7. The summed E-state index contributed by atoms with van der Waals surface area (Å²) in [6, 6.07) is 0.